The van der Waals surface area contributed by atoms with E-state index >= 15 is 0 Å². The summed E-state index contributed by atoms with van der Waals surface area (Å²) >= 11 is 3.20. The molecule has 1 aromatic carbocycles. The van der Waals surface area contributed by atoms with E-state index in [9.17, 15) is 4.39 Å². The van der Waals surface area contributed by atoms with Crippen LogP contribution in [0.3, 0.4) is 0 Å². The molecule has 0 amide bonds. The number of aromatic nitrogens is 1. The van der Waals surface area contributed by atoms with Crippen LogP contribution in [0.25, 0.3) is 0 Å². The summed E-state index contributed by atoms with van der Waals surface area (Å²) in [7, 11) is 0. The van der Waals surface area contributed by atoms with Crippen LogP contribution in [-0.4, -0.2) is 16.7 Å². The first kappa shape index (κ1) is 14.1. The molecule has 19 heavy (non-hydrogen) atoms. The van der Waals surface area contributed by atoms with Gasteiger partial charge < -0.3 is 5.11 Å². The zero-order chi connectivity index (χ0) is 13.7. The molecule has 2 nitrogen and oxygen atoms in total. The Balaban J connectivity index is 2.15. The molecule has 0 aliphatic carbocycles. The van der Waals surface area contributed by atoms with Gasteiger partial charge in [0.1, 0.15) is 16.8 Å². The third kappa shape index (κ3) is 4.06. The molecule has 1 heterocycles. The van der Waals surface area contributed by atoms with Crippen LogP contribution in [0.4, 0.5) is 4.39 Å². The number of aliphatic hydroxyl groups is 1. The molecule has 0 bridgehead atoms. The van der Waals surface area contributed by atoms with Gasteiger partial charge in [-0.05, 0) is 24.6 Å². The molecule has 5 heteroatoms. The van der Waals surface area contributed by atoms with Gasteiger partial charge in [0, 0.05) is 22.4 Å². The Labute approximate surface area is 119 Å². The predicted molar refractivity (Wildman–Crippen MR) is 76.8 cm³/mol. The van der Waals surface area contributed by atoms with E-state index < -0.39 is 0 Å². The Morgan fingerprint density at radius 1 is 1.47 bits per heavy atom. The number of halogens is 1. The molecule has 0 aliphatic heterocycles. The molecule has 0 spiro atoms. The van der Waals surface area contributed by atoms with Gasteiger partial charge in [0.25, 0.3) is 0 Å². The largest absolute Gasteiger partial charge is 0.384 e. The Morgan fingerprint density at radius 2 is 2.32 bits per heavy atom. The highest BCUT2D eigenvalue weighted by Crippen LogP contribution is 2.27. The minimum Gasteiger partial charge on any atom is -0.384 e. The van der Waals surface area contributed by atoms with Crippen LogP contribution >= 0.6 is 23.1 Å². The third-order valence-electron chi connectivity index (χ3n) is 2.32. The van der Waals surface area contributed by atoms with Crippen LogP contribution < -0.4 is 0 Å². The van der Waals surface area contributed by atoms with Crippen LogP contribution in [-0.2, 0) is 5.75 Å². The van der Waals surface area contributed by atoms with Crippen molar-refractivity contribution in [1.29, 1.82) is 0 Å². The van der Waals surface area contributed by atoms with E-state index in [0.717, 1.165) is 15.6 Å². The van der Waals surface area contributed by atoms with Crippen molar-refractivity contribution in [2.45, 2.75) is 17.0 Å². The number of hydrogen-bond acceptors (Lipinski definition) is 4. The first-order valence-corrected chi connectivity index (χ1v) is 7.48. The Hall–Kier alpha value is -1.35. The van der Waals surface area contributed by atoms with E-state index in [1.54, 1.807) is 29.2 Å². The molecule has 0 aliphatic rings. The summed E-state index contributed by atoms with van der Waals surface area (Å²) in [5.41, 5.74) is 2.57. The maximum absolute atomic E-state index is 13.2. The summed E-state index contributed by atoms with van der Waals surface area (Å²) in [6.45, 7) is 1.73. The lowest BCUT2D eigenvalue weighted by Gasteiger charge is -2.03. The van der Waals surface area contributed by atoms with Crippen molar-refractivity contribution >= 4 is 23.1 Å². The Bertz CT molecular complexity index is 628. The second-order valence-corrected chi connectivity index (χ2v) is 5.89. The molecule has 0 atom stereocenters. The molecular weight excluding hydrogens is 281 g/mol. The van der Waals surface area contributed by atoms with Gasteiger partial charge in [-0.3, -0.25) is 0 Å². The van der Waals surface area contributed by atoms with Crippen molar-refractivity contribution in [2.75, 3.05) is 6.61 Å². The number of hydrogen-bond donors (Lipinski definition) is 1. The van der Waals surface area contributed by atoms with Crippen molar-refractivity contribution in [3.63, 3.8) is 0 Å². The number of nitrogens with zero attached hydrogens (tertiary/aromatic N) is 1. The van der Waals surface area contributed by atoms with Crippen LogP contribution in [0.1, 0.15) is 16.8 Å². The quantitative estimate of drug-likeness (QED) is 0.697. The first-order valence-electron chi connectivity index (χ1n) is 5.62. The van der Waals surface area contributed by atoms with Crippen molar-refractivity contribution in [3.05, 3.63) is 46.2 Å². The second kappa shape index (κ2) is 6.71. The van der Waals surface area contributed by atoms with Gasteiger partial charge in [-0.1, -0.05) is 29.7 Å². The normalized spacial score (nSPS) is 10.1. The summed E-state index contributed by atoms with van der Waals surface area (Å²) in [5.74, 6) is 5.69. The highest BCUT2D eigenvalue weighted by molar-refractivity contribution is 8.00. The summed E-state index contributed by atoms with van der Waals surface area (Å²) in [6.07, 6.45) is 0. The van der Waals surface area contributed by atoms with Gasteiger partial charge in [0.15, 0.2) is 0 Å². The van der Waals surface area contributed by atoms with Crippen molar-refractivity contribution in [2.24, 2.45) is 0 Å². The number of aliphatic hydroxyl groups excluding tert-OH is 1. The fourth-order valence-corrected chi connectivity index (χ4v) is 3.32. The highest BCUT2D eigenvalue weighted by atomic mass is 32.2. The average molecular weight is 293 g/mol. The fourth-order valence-electron chi connectivity index (χ4n) is 1.46. The smallest absolute Gasteiger partial charge is 0.150 e. The lowest BCUT2D eigenvalue weighted by molar-refractivity contribution is 0.350. The predicted octanol–water partition coefficient (Wildman–Crippen LogP) is 3.23. The molecule has 0 saturated heterocycles. The van der Waals surface area contributed by atoms with Gasteiger partial charge >= 0.3 is 0 Å². The van der Waals surface area contributed by atoms with Crippen molar-refractivity contribution in [1.82, 2.24) is 4.98 Å². The van der Waals surface area contributed by atoms with Gasteiger partial charge in [0.2, 0.25) is 0 Å². The lowest BCUT2D eigenvalue weighted by atomic mass is 10.1. The molecule has 0 fully saturated rings. The standard InChI is InChI=1S/C14H12FNOS2/c1-10-8-18-14(16-10)19-9-12-4-5-13(15)7-11(12)3-2-6-17/h4-5,7-8,17H,6,9H2,1H3. The minimum absolute atomic E-state index is 0.227. The lowest BCUT2D eigenvalue weighted by Crippen LogP contribution is -1.90. The molecular formula is C14H12FNOS2. The molecule has 1 N–H and O–H groups in total. The molecule has 98 valence electrons. The van der Waals surface area contributed by atoms with E-state index in [4.69, 9.17) is 5.11 Å². The van der Waals surface area contributed by atoms with Crippen LogP contribution in [0.5, 0.6) is 0 Å². The van der Waals surface area contributed by atoms with Crippen LogP contribution in [0, 0.1) is 24.6 Å². The van der Waals surface area contributed by atoms with Gasteiger partial charge in [-0.25, -0.2) is 9.37 Å². The molecule has 0 radical (unpaired) electrons. The van der Waals surface area contributed by atoms with E-state index in [1.807, 2.05) is 12.3 Å². The summed E-state index contributed by atoms with van der Waals surface area (Å²) in [4.78, 5) is 4.37. The fraction of sp³-hybridized carbons (Fsp3) is 0.214. The number of thiazole rings is 1. The molecule has 2 rings (SSSR count). The minimum atomic E-state index is -0.318. The highest BCUT2D eigenvalue weighted by Gasteiger charge is 2.05. The maximum atomic E-state index is 13.2. The third-order valence-corrected chi connectivity index (χ3v) is 4.51. The Morgan fingerprint density at radius 3 is 3.00 bits per heavy atom. The number of benzene rings is 1. The van der Waals surface area contributed by atoms with E-state index in [-0.39, 0.29) is 12.4 Å². The molecule has 2 aromatic rings. The molecule has 0 unspecified atom stereocenters. The van der Waals surface area contributed by atoms with Gasteiger partial charge in [-0.2, -0.15) is 0 Å². The van der Waals surface area contributed by atoms with Crippen molar-refractivity contribution in [3.8, 4) is 11.8 Å². The number of thioether (sulfide) groups is 1. The summed E-state index contributed by atoms with van der Waals surface area (Å²) in [6, 6.07) is 4.54. The number of aryl methyl sites for hydroxylation is 1. The van der Waals surface area contributed by atoms with E-state index in [2.05, 4.69) is 16.8 Å². The zero-order valence-corrected chi connectivity index (χ0v) is 11.9. The first-order chi connectivity index (χ1) is 9.19. The summed E-state index contributed by atoms with van der Waals surface area (Å²) in [5, 5.41) is 10.7. The molecule has 1 aromatic heterocycles. The Kier molecular flexibility index (Phi) is 4.97. The van der Waals surface area contributed by atoms with Crippen LogP contribution in [0.2, 0.25) is 0 Å². The van der Waals surface area contributed by atoms with Crippen LogP contribution in [0.15, 0.2) is 27.9 Å². The summed E-state index contributed by atoms with van der Waals surface area (Å²) < 4.78 is 14.2. The molecule has 0 saturated carbocycles. The van der Waals surface area contributed by atoms with Gasteiger partial charge in [0.05, 0.1) is 0 Å². The maximum Gasteiger partial charge on any atom is 0.150 e. The number of rotatable bonds is 3. The SMILES string of the molecule is Cc1csc(SCc2ccc(F)cc2C#CCO)n1. The monoisotopic (exact) mass is 293 g/mol. The van der Waals surface area contributed by atoms with E-state index in [0.29, 0.717) is 11.3 Å². The topological polar surface area (TPSA) is 33.1 Å². The van der Waals surface area contributed by atoms with Crippen molar-refractivity contribution < 1.29 is 9.50 Å². The van der Waals surface area contributed by atoms with Gasteiger partial charge in [-0.15, -0.1) is 11.3 Å². The zero-order valence-electron chi connectivity index (χ0n) is 10.3. The van der Waals surface area contributed by atoms with E-state index in [1.165, 1.54) is 12.1 Å². The second-order valence-electron chi connectivity index (χ2n) is 3.80. The average Bonchev–Trinajstić information content (AvgIpc) is 2.81.